The summed E-state index contributed by atoms with van der Waals surface area (Å²) in [7, 11) is 1.67. The minimum Gasteiger partial charge on any atom is -0.464 e. The number of piperidine rings is 1. The monoisotopic (exact) mass is 332 g/mol. The molecule has 0 N–H and O–H groups in total. The molecule has 1 fully saturated rings. The molecule has 0 bridgehead atoms. The summed E-state index contributed by atoms with van der Waals surface area (Å²) in [5.74, 6) is -0.596. The van der Waals surface area contributed by atoms with Gasteiger partial charge < -0.3 is 14.2 Å². The smallest absolute Gasteiger partial charge is 0.328 e. The van der Waals surface area contributed by atoms with Gasteiger partial charge in [0.1, 0.15) is 16.9 Å². The molecule has 0 saturated carbocycles. The zero-order valence-corrected chi connectivity index (χ0v) is 13.6. The summed E-state index contributed by atoms with van der Waals surface area (Å²) < 4.78 is 6.60. The van der Waals surface area contributed by atoms with E-state index in [0.717, 1.165) is 12.8 Å². The number of likely N-dealkylation sites (tertiary alicyclic amines) is 1. The largest absolute Gasteiger partial charge is 0.464 e. The molecule has 1 aliphatic heterocycles. The molecule has 0 aromatic carbocycles. The van der Waals surface area contributed by atoms with Gasteiger partial charge in [-0.3, -0.25) is 4.79 Å². The molecule has 1 unspecified atom stereocenters. The Morgan fingerprint density at radius 3 is 2.67 bits per heavy atom. The second kappa shape index (κ2) is 6.71. The van der Waals surface area contributed by atoms with Gasteiger partial charge in [0.05, 0.1) is 11.6 Å². The lowest BCUT2D eigenvalue weighted by atomic mass is 10.0. The highest BCUT2D eigenvalue weighted by molar-refractivity contribution is 6.41. The van der Waals surface area contributed by atoms with Crippen LogP contribution >= 0.6 is 23.2 Å². The van der Waals surface area contributed by atoms with Crippen molar-refractivity contribution >= 4 is 35.1 Å². The van der Waals surface area contributed by atoms with Crippen LogP contribution in [0.4, 0.5) is 0 Å². The molecule has 0 aliphatic carbocycles. The maximum Gasteiger partial charge on any atom is 0.328 e. The molecule has 2 heterocycles. The molecule has 21 heavy (non-hydrogen) atoms. The Labute approximate surface area is 133 Å². The van der Waals surface area contributed by atoms with Crippen LogP contribution in [0.15, 0.2) is 6.07 Å². The Kier molecular flexibility index (Phi) is 5.17. The van der Waals surface area contributed by atoms with Crippen molar-refractivity contribution in [2.24, 2.45) is 7.05 Å². The fourth-order valence-electron chi connectivity index (χ4n) is 2.55. The standard InChI is InChI=1S/C14H18Cl2N2O3/c1-3-21-14(20)10-6-4-5-7-18(10)13(19)11-8-9(15)12(16)17(11)2/h8,10H,3-7H2,1-2H3. The van der Waals surface area contributed by atoms with Gasteiger partial charge in [0.2, 0.25) is 0 Å². The average Bonchev–Trinajstić information content (AvgIpc) is 2.74. The number of esters is 1. The molecule has 1 amide bonds. The molecule has 1 aromatic heterocycles. The number of hydrogen-bond donors (Lipinski definition) is 0. The van der Waals surface area contributed by atoms with Crippen molar-refractivity contribution in [3.8, 4) is 0 Å². The number of carbonyl (C=O) groups excluding carboxylic acids is 2. The topological polar surface area (TPSA) is 51.5 Å². The second-order valence-corrected chi connectivity index (χ2v) is 5.75. The molecule has 1 atom stereocenters. The minimum absolute atomic E-state index is 0.246. The Balaban J connectivity index is 2.26. The summed E-state index contributed by atoms with van der Waals surface area (Å²) in [6.45, 7) is 2.59. The van der Waals surface area contributed by atoms with Gasteiger partial charge in [-0.25, -0.2) is 4.79 Å². The first-order valence-electron chi connectivity index (χ1n) is 6.95. The predicted octanol–water partition coefficient (Wildman–Crippen LogP) is 2.89. The van der Waals surface area contributed by atoms with Crippen LogP contribution in [-0.4, -0.2) is 40.5 Å². The summed E-state index contributed by atoms with van der Waals surface area (Å²) in [6, 6.07) is 1.00. The van der Waals surface area contributed by atoms with E-state index in [0.29, 0.717) is 35.4 Å². The fraction of sp³-hybridized carbons (Fsp3) is 0.571. The molecule has 1 aromatic rings. The third kappa shape index (κ3) is 3.19. The second-order valence-electron chi connectivity index (χ2n) is 4.99. The summed E-state index contributed by atoms with van der Waals surface area (Å²) in [5.41, 5.74) is 0.376. The molecule has 7 heteroatoms. The number of hydrogen-bond acceptors (Lipinski definition) is 3. The van der Waals surface area contributed by atoms with Crippen molar-refractivity contribution < 1.29 is 14.3 Å². The van der Waals surface area contributed by atoms with Crippen molar-refractivity contribution in [3.05, 3.63) is 21.9 Å². The van der Waals surface area contributed by atoms with Gasteiger partial charge in [-0.05, 0) is 32.3 Å². The first-order chi connectivity index (χ1) is 9.97. The molecular formula is C14H18Cl2N2O3. The van der Waals surface area contributed by atoms with E-state index in [1.807, 2.05) is 0 Å². The van der Waals surface area contributed by atoms with Gasteiger partial charge in [0.15, 0.2) is 0 Å². The zero-order valence-electron chi connectivity index (χ0n) is 12.1. The quantitative estimate of drug-likeness (QED) is 0.799. The van der Waals surface area contributed by atoms with Crippen molar-refractivity contribution in [2.75, 3.05) is 13.2 Å². The Morgan fingerprint density at radius 2 is 2.10 bits per heavy atom. The van der Waals surface area contributed by atoms with E-state index in [9.17, 15) is 9.59 Å². The van der Waals surface area contributed by atoms with E-state index in [-0.39, 0.29) is 11.9 Å². The summed E-state index contributed by atoms with van der Waals surface area (Å²) >= 11 is 11.9. The van der Waals surface area contributed by atoms with Crippen LogP contribution in [0.3, 0.4) is 0 Å². The van der Waals surface area contributed by atoms with E-state index in [4.69, 9.17) is 27.9 Å². The van der Waals surface area contributed by atoms with Crippen LogP contribution in [0.2, 0.25) is 10.2 Å². The normalized spacial score (nSPS) is 18.7. The molecular weight excluding hydrogens is 315 g/mol. The highest BCUT2D eigenvalue weighted by Crippen LogP contribution is 2.28. The number of rotatable bonds is 3. The van der Waals surface area contributed by atoms with Gasteiger partial charge in [-0.2, -0.15) is 0 Å². The third-order valence-corrected chi connectivity index (χ3v) is 4.50. The fourth-order valence-corrected chi connectivity index (χ4v) is 2.93. The Hall–Kier alpha value is -1.20. The van der Waals surface area contributed by atoms with Gasteiger partial charge >= 0.3 is 5.97 Å². The molecule has 0 spiro atoms. The molecule has 2 rings (SSSR count). The van der Waals surface area contributed by atoms with Crippen molar-refractivity contribution in [1.82, 2.24) is 9.47 Å². The van der Waals surface area contributed by atoms with Crippen molar-refractivity contribution in [3.63, 3.8) is 0 Å². The summed E-state index contributed by atoms with van der Waals surface area (Å²) in [4.78, 5) is 26.3. The van der Waals surface area contributed by atoms with Gasteiger partial charge in [-0.1, -0.05) is 23.2 Å². The lowest BCUT2D eigenvalue weighted by molar-refractivity contribution is -0.149. The van der Waals surface area contributed by atoms with Crippen molar-refractivity contribution in [1.29, 1.82) is 0 Å². The first-order valence-corrected chi connectivity index (χ1v) is 7.71. The predicted molar refractivity (Wildman–Crippen MR) is 80.7 cm³/mol. The van der Waals surface area contributed by atoms with E-state index in [2.05, 4.69) is 0 Å². The van der Waals surface area contributed by atoms with Crippen molar-refractivity contribution in [2.45, 2.75) is 32.2 Å². The van der Waals surface area contributed by atoms with Crippen LogP contribution < -0.4 is 0 Å². The highest BCUT2D eigenvalue weighted by Gasteiger charge is 2.34. The van der Waals surface area contributed by atoms with E-state index in [1.165, 1.54) is 10.6 Å². The Bertz CT molecular complexity index is 557. The third-order valence-electron chi connectivity index (χ3n) is 3.66. The summed E-state index contributed by atoms with van der Waals surface area (Å²) in [6.07, 6.45) is 2.39. The molecule has 0 radical (unpaired) electrons. The number of amides is 1. The zero-order chi connectivity index (χ0) is 15.6. The molecule has 1 aliphatic rings. The lowest BCUT2D eigenvalue weighted by Gasteiger charge is -2.34. The van der Waals surface area contributed by atoms with Gasteiger partial charge in [0.25, 0.3) is 5.91 Å². The number of carbonyl (C=O) groups is 2. The average molecular weight is 333 g/mol. The van der Waals surface area contributed by atoms with E-state index >= 15 is 0 Å². The highest BCUT2D eigenvalue weighted by atomic mass is 35.5. The number of ether oxygens (including phenoxy) is 1. The van der Waals surface area contributed by atoms with Crippen LogP contribution in [0, 0.1) is 0 Å². The summed E-state index contributed by atoms with van der Waals surface area (Å²) in [5, 5.41) is 0.636. The van der Waals surface area contributed by atoms with Crippen LogP contribution in [0.5, 0.6) is 0 Å². The van der Waals surface area contributed by atoms with Gasteiger partial charge in [-0.15, -0.1) is 0 Å². The van der Waals surface area contributed by atoms with E-state index in [1.54, 1.807) is 18.9 Å². The molecule has 116 valence electrons. The lowest BCUT2D eigenvalue weighted by Crippen LogP contribution is -2.49. The number of aromatic nitrogens is 1. The first kappa shape index (κ1) is 16.2. The molecule has 1 saturated heterocycles. The minimum atomic E-state index is -0.529. The van der Waals surface area contributed by atoms with Crippen LogP contribution in [0.25, 0.3) is 0 Å². The number of nitrogens with zero attached hydrogens (tertiary/aromatic N) is 2. The Morgan fingerprint density at radius 1 is 1.38 bits per heavy atom. The molecule has 5 nitrogen and oxygen atoms in total. The maximum absolute atomic E-state index is 12.7. The van der Waals surface area contributed by atoms with E-state index < -0.39 is 6.04 Å². The van der Waals surface area contributed by atoms with Crippen LogP contribution in [0.1, 0.15) is 36.7 Å². The maximum atomic E-state index is 12.7. The van der Waals surface area contributed by atoms with Crippen LogP contribution in [-0.2, 0) is 16.6 Å². The number of halogens is 2. The van der Waals surface area contributed by atoms with Gasteiger partial charge in [0, 0.05) is 13.6 Å². The SMILES string of the molecule is CCOC(=O)C1CCCCN1C(=O)c1cc(Cl)c(Cl)n1C.